The van der Waals surface area contributed by atoms with Crippen molar-refractivity contribution in [2.24, 2.45) is 0 Å². The van der Waals surface area contributed by atoms with E-state index in [4.69, 9.17) is 4.74 Å². The van der Waals surface area contributed by atoms with Crippen molar-refractivity contribution in [1.82, 2.24) is 10.3 Å². The lowest BCUT2D eigenvalue weighted by molar-refractivity contribution is 0.305. The molecule has 1 aromatic carbocycles. The molecule has 0 atom stereocenters. The number of unbranched alkanes of at least 4 members (excludes halogenated alkanes) is 1. The normalized spacial score (nSPS) is 10.6. The number of nitrogens with zero attached hydrogens (tertiary/aromatic N) is 1. The van der Waals surface area contributed by atoms with Gasteiger partial charge in [0.15, 0.2) is 0 Å². The number of para-hydroxylation sites is 1. The molecule has 0 aliphatic carbocycles. The second-order valence-corrected chi connectivity index (χ2v) is 5.55. The van der Waals surface area contributed by atoms with Crippen LogP contribution in [0.3, 0.4) is 0 Å². The van der Waals surface area contributed by atoms with E-state index >= 15 is 0 Å². The van der Waals surface area contributed by atoms with Gasteiger partial charge in [0.1, 0.15) is 17.4 Å². The average Bonchev–Trinajstić information content (AvgIpc) is 2.91. The van der Waals surface area contributed by atoms with Crippen molar-refractivity contribution in [1.29, 1.82) is 0 Å². The SMILES string of the molecule is CCCCNCc1cnc(COc2ccccc2)s1. The van der Waals surface area contributed by atoms with Crippen LogP contribution in [0.15, 0.2) is 36.5 Å². The summed E-state index contributed by atoms with van der Waals surface area (Å²) in [6, 6.07) is 9.85. The van der Waals surface area contributed by atoms with Gasteiger partial charge in [-0.1, -0.05) is 31.5 Å². The molecule has 0 saturated heterocycles. The van der Waals surface area contributed by atoms with Crippen LogP contribution in [0.25, 0.3) is 0 Å². The summed E-state index contributed by atoms with van der Waals surface area (Å²) >= 11 is 1.71. The first-order chi connectivity index (χ1) is 9.38. The lowest BCUT2D eigenvalue weighted by Gasteiger charge is -2.02. The Kier molecular flexibility index (Phi) is 5.85. The summed E-state index contributed by atoms with van der Waals surface area (Å²) in [6.45, 7) is 4.73. The van der Waals surface area contributed by atoms with E-state index in [0.29, 0.717) is 6.61 Å². The third kappa shape index (κ3) is 5.01. The van der Waals surface area contributed by atoms with Gasteiger partial charge in [-0.05, 0) is 25.1 Å². The molecule has 102 valence electrons. The van der Waals surface area contributed by atoms with Crippen LogP contribution in [0.4, 0.5) is 0 Å². The summed E-state index contributed by atoms with van der Waals surface area (Å²) in [5.74, 6) is 0.889. The van der Waals surface area contributed by atoms with Crippen molar-refractivity contribution >= 4 is 11.3 Å². The summed E-state index contributed by atoms with van der Waals surface area (Å²) in [5, 5.41) is 4.44. The van der Waals surface area contributed by atoms with Crippen LogP contribution in [-0.4, -0.2) is 11.5 Å². The molecule has 0 bridgehead atoms. The molecule has 0 radical (unpaired) electrons. The van der Waals surface area contributed by atoms with Crippen LogP contribution < -0.4 is 10.1 Å². The first-order valence-electron chi connectivity index (χ1n) is 6.70. The predicted octanol–water partition coefficient (Wildman–Crippen LogP) is 3.61. The first kappa shape index (κ1) is 14.0. The Morgan fingerprint density at radius 1 is 1.26 bits per heavy atom. The highest BCUT2D eigenvalue weighted by atomic mass is 32.1. The summed E-state index contributed by atoms with van der Waals surface area (Å²) < 4.78 is 5.68. The molecule has 1 aromatic heterocycles. The highest BCUT2D eigenvalue weighted by Crippen LogP contribution is 2.16. The fourth-order valence-corrected chi connectivity index (χ4v) is 2.48. The number of thiazole rings is 1. The number of nitrogens with one attached hydrogen (secondary N) is 1. The lowest BCUT2D eigenvalue weighted by atomic mass is 10.3. The fraction of sp³-hybridized carbons (Fsp3) is 0.400. The molecule has 2 rings (SSSR count). The summed E-state index contributed by atoms with van der Waals surface area (Å²) in [7, 11) is 0. The molecule has 3 nitrogen and oxygen atoms in total. The molecule has 0 aliphatic heterocycles. The van der Waals surface area contributed by atoms with Gasteiger partial charge in [-0.25, -0.2) is 4.98 Å². The molecule has 0 unspecified atom stereocenters. The standard InChI is InChI=1S/C15H20N2OS/c1-2-3-9-16-10-14-11-17-15(19-14)12-18-13-7-5-4-6-8-13/h4-8,11,16H,2-3,9-10,12H2,1H3. The average molecular weight is 276 g/mol. The van der Waals surface area contributed by atoms with Crippen LogP contribution in [0.5, 0.6) is 5.75 Å². The molecule has 0 saturated carbocycles. The van der Waals surface area contributed by atoms with Crippen LogP contribution in [0.2, 0.25) is 0 Å². The predicted molar refractivity (Wildman–Crippen MR) is 79.5 cm³/mol. The van der Waals surface area contributed by atoms with Gasteiger partial charge in [0.2, 0.25) is 0 Å². The first-order valence-corrected chi connectivity index (χ1v) is 7.52. The van der Waals surface area contributed by atoms with E-state index in [1.165, 1.54) is 17.7 Å². The van der Waals surface area contributed by atoms with Gasteiger partial charge >= 0.3 is 0 Å². The third-order valence-electron chi connectivity index (χ3n) is 2.71. The maximum absolute atomic E-state index is 5.68. The lowest BCUT2D eigenvalue weighted by Crippen LogP contribution is -2.13. The third-order valence-corrected chi connectivity index (χ3v) is 3.68. The Hall–Kier alpha value is -1.39. The fourth-order valence-electron chi connectivity index (χ4n) is 1.67. The molecule has 0 amide bonds. The Morgan fingerprint density at radius 2 is 2.11 bits per heavy atom. The minimum Gasteiger partial charge on any atom is -0.486 e. The summed E-state index contributed by atoms with van der Waals surface area (Å²) in [5.41, 5.74) is 0. The van der Waals surface area contributed by atoms with E-state index in [2.05, 4.69) is 17.2 Å². The van der Waals surface area contributed by atoms with Gasteiger partial charge in [0.05, 0.1) is 0 Å². The van der Waals surface area contributed by atoms with Gasteiger partial charge < -0.3 is 10.1 Å². The van der Waals surface area contributed by atoms with E-state index in [1.807, 2.05) is 36.5 Å². The maximum atomic E-state index is 5.68. The Bertz CT molecular complexity index is 470. The highest BCUT2D eigenvalue weighted by Gasteiger charge is 2.02. The zero-order valence-electron chi connectivity index (χ0n) is 11.3. The van der Waals surface area contributed by atoms with Gasteiger partial charge in [0.25, 0.3) is 0 Å². The molecule has 0 aliphatic rings. The van der Waals surface area contributed by atoms with E-state index in [0.717, 1.165) is 23.8 Å². The Balaban J connectivity index is 1.74. The zero-order chi connectivity index (χ0) is 13.3. The molecule has 1 N–H and O–H groups in total. The molecule has 2 aromatic rings. The Labute approximate surface area is 118 Å². The van der Waals surface area contributed by atoms with Gasteiger partial charge in [-0.15, -0.1) is 11.3 Å². The molecule has 0 spiro atoms. The number of benzene rings is 1. The number of hydrogen-bond donors (Lipinski definition) is 1. The van der Waals surface area contributed by atoms with Crippen molar-refractivity contribution < 1.29 is 4.74 Å². The molecular formula is C15H20N2OS. The van der Waals surface area contributed by atoms with E-state index in [-0.39, 0.29) is 0 Å². The van der Waals surface area contributed by atoms with E-state index < -0.39 is 0 Å². The minimum atomic E-state index is 0.545. The van der Waals surface area contributed by atoms with Crippen LogP contribution in [0.1, 0.15) is 29.7 Å². The van der Waals surface area contributed by atoms with Gasteiger partial charge in [-0.3, -0.25) is 0 Å². The van der Waals surface area contributed by atoms with Crippen molar-refractivity contribution in [3.63, 3.8) is 0 Å². The van der Waals surface area contributed by atoms with Gasteiger partial charge in [-0.2, -0.15) is 0 Å². The molecule has 4 heteroatoms. The molecule has 0 fully saturated rings. The maximum Gasteiger partial charge on any atom is 0.140 e. The van der Waals surface area contributed by atoms with Crippen LogP contribution in [0, 0.1) is 0 Å². The van der Waals surface area contributed by atoms with Crippen LogP contribution >= 0.6 is 11.3 Å². The second kappa shape index (κ2) is 7.92. The van der Waals surface area contributed by atoms with E-state index in [9.17, 15) is 0 Å². The van der Waals surface area contributed by atoms with Crippen molar-refractivity contribution in [2.45, 2.75) is 32.9 Å². The largest absolute Gasteiger partial charge is 0.486 e. The number of ether oxygens (including phenoxy) is 1. The van der Waals surface area contributed by atoms with E-state index in [1.54, 1.807) is 11.3 Å². The van der Waals surface area contributed by atoms with Crippen molar-refractivity contribution in [3.8, 4) is 5.75 Å². The van der Waals surface area contributed by atoms with Crippen molar-refractivity contribution in [3.05, 3.63) is 46.4 Å². The number of hydrogen-bond acceptors (Lipinski definition) is 4. The van der Waals surface area contributed by atoms with Crippen LogP contribution in [-0.2, 0) is 13.2 Å². The summed E-state index contributed by atoms with van der Waals surface area (Å²) in [6.07, 6.45) is 4.39. The monoisotopic (exact) mass is 276 g/mol. The number of aromatic nitrogens is 1. The molecular weight excluding hydrogens is 256 g/mol. The molecule has 19 heavy (non-hydrogen) atoms. The number of rotatable bonds is 8. The second-order valence-electron chi connectivity index (χ2n) is 4.35. The highest BCUT2D eigenvalue weighted by molar-refractivity contribution is 7.11. The smallest absolute Gasteiger partial charge is 0.140 e. The van der Waals surface area contributed by atoms with Gasteiger partial charge in [0, 0.05) is 17.6 Å². The van der Waals surface area contributed by atoms with Crippen molar-refractivity contribution in [2.75, 3.05) is 6.54 Å². The minimum absolute atomic E-state index is 0.545. The quantitative estimate of drug-likeness (QED) is 0.748. The topological polar surface area (TPSA) is 34.2 Å². The zero-order valence-corrected chi connectivity index (χ0v) is 12.1. The molecule has 1 heterocycles. The summed E-state index contributed by atoms with van der Waals surface area (Å²) in [4.78, 5) is 5.65. The Morgan fingerprint density at radius 3 is 2.89 bits per heavy atom.